The number of carbonyl (C=O) groups is 1. The van der Waals surface area contributed by atoms with Gasteiger partial charge < -0.3 is 4.29 Å². The minimum absolute atomic E-state index is 0.0190. The molecular formula is C12H12ClF3O2. The van der Waals surface area contributed by atoms with Crippen LogP contribution >= 0.6 is 11.9 Å². The van der Waals surface area contributed by atoms with E-state index >= 15 is 0 Å². The van der Waals surface area contributed by atoms with Gasteiger partial charge in [-0.2, -0.15) is 0 Å². The van der Waals surface area contributed by atoms with Crippen LogP contribution in [0.5, 0.6) is 0 Å². The van der Waals surface area contributed by atoms with Crippen molar-refractivity contribution >= 4 is 17.8 Å². The molecule has 0 saturated heterocycles. The van der Waals surface area contributed by atoms with Crippen molar-refractivity contribution in [3.63, 3.8) is 0 Å². The lowest BCUT2D eigenvalue weighted by Gasteiger charge is -2.13. The number of hydrogen-bond donors (Lipinski definition) is 0. The Morgan fingerprint density at radius 3 is 2.33 bits per heavy atom. The summed E-state index contributed by atoms with van der Waals surface area (Å²) in [7, 11) is 0. The molecule has 1 aromatic carbocycles. The fraction of sp³-hybridized carbons (Fsp3) is 0.417. The predicted octanol–water partition coefficient (Wildman–Crippen LogP) is 4.07. The van der Waals surface area contributed by atoms with Crippen molar-refractivity contribution in [2.75, 3.05) is 0 Å². The number of carbonyl (C=O) groups excluding carboxylic acids is 1. The molecule has 1 rings (SSSR count). The van der Waals surface area contributed by atoms with E-state index in [0.717, 1.165) is 18.6 Å². The Hall–Kier alpha value is -1.23. The van der Waals surface area contributed by atoms with Crippen molar-refractivity contribution in [3.05, 3.63) is 35.1 Å². The van der Waals surface area contributed by atoms with Crippen LogP contribution in [-0.2, 0) is 9.08 Å². The Balaban J connectivity index is 3.08. The molecule has 0 aliphatic rings. The van der Waals surface area contributed by atoms with Crippen LogP contribution in [0, 0.1) is 17.5 Å². The quantitative estimate of drug-likeness (QED) is 0.760. The van der Waals surface area contributed by atoms with Crippen molar-refractivity contribution in [1.82, 2.24) is 0 Å². The van der Waals surface area contributed by atoms with Gasteiger partial charge in [-0.05, 0) is 24.1 Å². The van der Waals surface area contributed by atoms with Gasteiger partial charge in [-0.25, -0.2) is 18.0 Å². The van der Waals surface area contributed by atoms with Crippen molar-refractivity contribution in [2.45, 2.75) is 32.1 Å². The summed E-state index contributed by atoms with van der Waals surface area (Å²) in [5, 5.41) is 0. The van der Waals surface area contributed by atoms with Crippen LogP contribution in [0.4, 0.5) is 13.2 Å². The normalized spacial score (nSPS) is 12.3. The highest BCUT2D eigenvalue weighted by Crippen LogP contribution is 2.27. The SMILES string of the molecule is CCCCC(C(=O)OCl)c1cc(F)c(F)c(F)c1. The number of hydrogen-bond acceptors (Lipinski definition) is 2. The van der Waals surface area contributed by atoms with E-state index in [9.17, 15) is 18.0 Å². The zero-order chi connectivity index (χ0) is 13.7. The third kappa shape index (κ3) is 3.38. The molecule has 0 radical (unpaired) electrons. The summed E-state index contributed by atoms with van der Waals surface area (Å²) in [5.74, 6) is -5.95. The molecule has 18 heavy (non-hydrogen) atoms. The number of halogens is 4. The van der Waals surface area contributed by atoms with E-state index in [4.69, 9.17) is 11.9 Å². The molecule has 0 spiro atoms. The number of unbranched alkanes of at least 4 members (excludes halogenated alkanes) is 1. The molecule has 0 heterocycles. The van der Waals surface area contributed by atoms with E-state index in [1.54, 1.807) is 0 Å². The molecule has 0 bridgehead atoms. The maximum atomic E-state index is 13.1. The second-order valence-electron chi connectivity index (χ2n) is 3.89. The summed E-state index contributed by atoms with van der Waals surface area (Å²) in [6.45, 7) is 1.90. The lowest BCUT2D eigenvalue weighted by Crippen LogP contribution is -2.14. The Labute approximate surface area is 108 Å². The van der Waals surface area contributed by atoms with Gasteiger partial charge in [0.15, 0.2) is 17.5 Å². The lowest BCUT2D eigenvalue weighted by atomic mass is 9.93. The van der Waals surface area contributed by atoms with Crippen LogP contribution in [0.2, 0.25) is 0 Å². The van der Waals surface area contributed by atoms with Gasteiger partial charge in [0.25, 0.3) is 0 Å². The first-order chi connectivity index (χ1) is 8.51. The minimum Gasteiger partial charge on any atom is -0.347 e. The van der Waals surface area contributed by atoms with Gasteiger partial charge in [0.05, 0.1) is 5.92 Å². The summed E-state index contributed by atoms with van der Waals surface area (Å²) < 4.78 is 43.1. The summed E-state index contributed by atoms with van der Waals surface area (Å²) in [6, 6.07) is 1.57. The summed E-state index contributed by atoms with van der Waals surface area (Å²) in [6.07, 6.45) is 1.77. The molecule has 0 aromatic heterocycles. The van der Waals surface area contributed by atoms with Crippen LogP contribution in [0.15, 0.2) is 12.1 Å². The predicted molar refractivity (Wildman–Crippen MR) is 60.5 cm³/mol. The zero-order valence-electron chi connectivity index (χ0n) is 9.68. The molecule has 0 aliphatic carbocycles. The van der Waals surface area contributed by atoms with Gasteiger partial charge in [-0.15, -0.1) is 0 Å². The van der Waals surface area contributed by atoms with Crippen LogP contribution in [0.3, 0.4) is 0 Å². The molecule has 100 valence electrons. The maximum absolute atomic E-state index is 13.1. The topological polar surface area (TPSA) is 26.3 Å². The second-order valence-corrected chi connectivity index (χ2v) is 4.04. The average molecular weight is 281 g/mol. The highest BCUT2D eigenvalue weighted by molar-refractivity contribution is 6.13. The molecule has 0 fully saturated rings. The maximum Gasteiger partial charge on any atom is 0.332 e. The molecule has 0 amide bonds. The first-order valence-electron chi connectivity index (χ1n) is 5.48. The van der Waals surface area contributed by atoms with E-state index in [-0.39, 0.29) is 5.56 Å². The third-order valence-electron chi connectivity index (χ3n) is 2.62. The van der Waals surface area contributed by atoms with Gasteiger partial charge in [0, 0.05) is 0 Å². The highest BCUT2D eigenvalue weighted by Gasteiger charge is 2.24. The summed E-state index contributed by atoms with van der Waals surface area (Å²) in [5.41, 5.74) is 0.0190. The average Bonchev–Trinajstić information content (AvgIpc) is 2.35. The monoisotopic (exact) mass is 280 g/mol. The van der Waals surface area contributed by atoms with Gasteiger partial charge in [-0.3, -0.25) is 0 Å². The van der Waals surface area contributed by atoms with E-state index in [1.165, 1.54) is 0 Å². The van der Waals surface area contributed by atoms with E-state index < -0.39 is 29.3 Å². The Kier molecular flexibility index (Phi) is 5.47. The van der Waals surface area contributed by atoms with E-state index in [1.807, 2.05) is 6.92 Å². The molecule has 2 nitrogen and oxygen atoms in total. The minimum atomic E-state index is -1.56. The molecule has 0 N–H and O–H groups in total. The smallest absolute Gasteiger partial charge is 0.332 e. The van der Waals surface area contributed by atoms with Crippen molar-refractivity contribution in [2.24, 2.45) is 0 Å². The molecule has 0 aliphatic heterocycles. The third-order valence-corrected chi connectivity index (χ3v) is 2.77. The molecule has 1 aromatic rings. The molecular weight excluding hydrogens is 269 g/mol. The standard InChI is InChI=1S/C12H12ClF3O2/c1-2-3-4-8(12(17)18-13)7-5-9(14)11(16)10(15)6-7/h5-6,8H,2-4H2,1H3. The van der Waals surface area contributed by atoms with Crippen LogP contribution in [0.1, 0.15) is 37.7 Å². The fourth-order valence-electron chi connectivity index (χ4n) is 1.66. The summed E-state index contributed by atoms with van der Waals surface area (Å²) in [4.78, 5) is 11.4. The number of rotatable bonds is 5. The van der Waals surface area contributed by atoms with Gasteiger partial charge in [0.2, 0.25) is 0 Å². The molecule has 6 heteroatoms. The van der Waals surface area contributed by atoms with Crippen LogP contribution in [0.25, 0.3) is 0 Å². The van der Waals surface area contributed by atoms with E-state index in [0.29, 0.717) is 12.8 Å². The fourth-order valence-corrected chi connectivity index (χ4v) is 1.77. The number of benzene rings is 1. The largest absolute Gasteiger partial charge is 0.347 e. The summed E-state index contributed by atoms with van der Waals surface area (Å²) >= 11 is 4.98. The van der Waals surface area contributed by atoms with Crippen LogP contribution < -0.4 is 0 Å². The molecule has 1 atom stereocenters. The van der Waals surface area contributed by atoms with Crippen molar-refractivity contribution in [3.8, 4) is 0 Å². The lowest BCUT2D eigenvalue weighted by molar-refractivity contribution is -0.135. The Morgan fingerprint density at radius 1 is 1.33 bits per heavy atom. The molecule has 0 saturated carbocycles. The Bertz CT molecular complexity index is 414. The first-order valence-corrected chi connectivity index (χ1v) is 5.79. The van der Waals surface area contributed by atoms with Crippen LogP contribution in [-0.4, -0.2) is 5.97 Å². The first kappa shape index (κ1) is 14.8. The molecule has 1 unspecified atom stereocenters. The highest BCUT2D eigenvalue weighted by atomic mass is 35.5. The Morgan fingerprint density at radius 2 is 1.89 bits per heavy atom. The van der Waals surface area contributed by atoms with Gasteiger partial charge in [-0.1, -0.05) is 19.8 Å². The van der Waals surface area contributed by atoms with Gasteiger partial charge >= 0.3 is 5.97 Å². The van der Waals surface area contributed by atoms with Crippen molar-refractivity contribution in [1.29, 1.82) is 0 Å². The second kappa shape index (κ2) is 6.64. The van der Waals surface area contributed by atoms with Crippen molar-refractivity contribution < 1.29 is 22.3 Å². The van der Waals surface area contributed by atoms with Gasteiger partial charge in [0.1, 0.15) is 11.9 Å². The zero-order valence-corrected chi connectivity index (χ0v) is 10.4. The van der Waals surface area contributed by atoms with E-state index in [2.05, 4.69) is 4.29 Å².